The van der Waals surface area contributed by atoms with Crippen LogP contribution in [-0.2, 0) is 16.2 Å². The van der Waals surface area contributed by atoms with Gasteiger partial charge in [0.15, 0.2) is 5.65 Å². The number of hydrogen-bond donors (Lipinski definition) is 2. The van der Waals surface area contributed by atoms with Crippen molar-refractivity contribution in [3.63, 3.8) is 0 Å². The molecule has 2 N–H and O–H groups in total. The van der Waals surface area contributed by atoms with Crippen molar-refractivity contribution in [2.75, 3.05) is 6.61 Å². The van der Waals surface area contributed by atoms with Crippen LogP contribution in [0.2, 0.25) is 0 Å². The number of thiophene rings is 1. The molecule has 0 radical (unpaired) electrons. The van der Waals surface area contributed by atoms with Gasteiger partial charge in [-0.05, 0) is 44.2 Å². The van der Waals surface area contributed by atoms with Gasteiger partial charge in [0.05, 0.1) is 40.0 Å². The predicted molar refractivity (Wildman–Crippen MR) is 130 cm³/mol. The lowest BCUT2D eigenvalue weighted by Crippen LogP contribution is -2.45. The maximum Gasteiger partial charge on any atom is 0.416 e. The van der Waals surface area contributed by atoms with Gasteiger partial charge in [0.2, 0.25) is 0 Å². The molecule has 0 spiro atoms. The molecule has 14 heteroatoms. The number of nitrogens with zero attached hydrogens (tertiary/aromatic N) is 3. The number of aliphatic hydroxyl groups excluding tert-OH is 1. The Bertz CT molecular complexity index is 1670. The topological polar surface area (TPSA) is 96.6 Å². The summed E-state index contributed by atoms with van der Waals surface area (Å²) in [6.07, 6.45) is -6.45. The Labute approximate surface area is 218 Å². The molecule has 3 aromatic heterocycles. The van der Waals surface area contributed by atoms with E-state index in [-0.39, 0.29) is 26.7 Å². The smallest absolute Gasteiger partial charge is 0.394 e. The molecule has 0 amide bonds. The SMILES string of the molecule is CC(C)(CO)NS(=O)(=O)c1ccc(C#Cc2cnn3c(C(F)F)cc(-c4cccc(C(F)(F)F)c4)nc23)s1. The molecular formula is C24H19F5N4O3S2. The number of aromatic nitrogens is 3. The molecule has 7 nitrogen and oxygen atoms in total. The Kier molecular flexibility index (Phi) is 7.32. The van der Waals surface area contributed by atoms with Crippen LogP contribution >= 0.6 is 11.3 Å². The lowest BCUT2D eigenvalue weighted by Gasteiger charge is -2.22. The summed E-state index contributed by atoms with van der Waals surface area (Å²) in [4.78, 5) is 4.58. The molecule has 0 saturated carbocycles. The highest BCUT2D eigenvalue weighted by molar-refractivity contribution is 7.91. The first-order valence-electron chi connectivity index (χ1n) is 10.8. The minimum atomic E-state index is -4.63. The number of benzene rings is 1. The Morgan fingerprint density at radius 1 is 1.13 bits per heavy atom. The van der Waals surface area contributed by atoms with E-state index in [9.17, 15) is 35.5 Å². The van der Waals surface area contributed by atoms with Gasteiger partial charge in [0, 0.05) is 5.56 Å². The van der Waals surface area contributed by atoms with E-state index in [1.807, 2.05) is 0 Å². The third-order valence-electron chi connectivity index (χ3n) is 5.18. The summed E-state index contributed by atoms with van der Waals surface area (Å²) in [6.45, 7) is 2.60. The van der Waals surface area contributed by atoms with Crippen LogP contribution < -0.4 is 4.72 Å². The summed E-state index contributed by atoms with van der Waals surface area (Å²) in [7, 11) is -3.93. The van der Waals surface area contributed by atoms with Gasteiger partial charge in [-0.25, -0.2) is 31.4 Å². The van der Waals surface area contributed by atoms with Gasteiger partial charge < -0.3 is 5.11 Å². The van der Waals surface area contributed by atoms with Crippen molar-refractivity contribution in [3.8, 4) is 23.1 Å². The monoisotopic (exact) mass is 570 g/mol. The van der Waals surface area contributed by atoms with Crippen molar-refractivity contribution in [3.05, 3.63) is 70.4 Å². The largest absolute Gasteiger partial charge is 0.416 e. The maximum atomic E-state index is 13.8. The molecular weight excluding hydrogens is 551 g/mol. The van der Waals surface area contributed by atoms with Gasteiger partial charge in [-0.3, -0.25) is 0 Å². The normalized spacial score (nSPS) is 12.7. The number of rotatable bonds is 6. The lowest BCUT2D eigenvalue weighted by molar-refractivity contribution is -0.137. The third-order valence-corrected chi connectivity index (χ3v) is 8.37. The summed E-state index contributed by atoms with van der Waals surface area (Å²) in [5.74, 6) is 5.47. The number of alkyl halides is 5. The minimum Gasteiger partial charge on any atom is -0.394 e. The van der Waals surface area contributed by atoms with Crippen molar-refractivity contribution in [1.82, 2.24) is 19.3 Å². The quantitative estimate of drug-likeness (QED) is 0.255. The van der Waals surface area contributed by atoms with E-state index in [1.54, 1.807) is 0 Å². The average Bonchev–Trinajstić information content (AvgIpc) is 3.48. The van der Waals surface area contributed by atoms with E-state index in [0.29, 0.717) is 4.88 Å². The van der Waals surface area contributed by atoms with Crippen LogP contribution in [0, 0.1) is 11.8 Å². The fraction of sp³-hybridized carbons (Fsp3) is 0.250. The first kappa shape index (κ1) is 27.6. The average molecular weight is 571 g/mol. The van der Waals surface area contributed by atoms with Crippen LogP contribution in [0.25, 0.3) is 16.9 Å². The molecule has 0 aliphatic rings. The molecule has 4 rings (SSSR count). The Balaban J connectivity index is 1.74. The predicted octanol–water partition coefficient (Wildman–Crippen LogP) is 4.86. The third kappa shape index (κ3) is 5.86. The fourth-order valence-corrected chi connectivity index (χ4v) is 5.90. The molecule has 0 fully saturated rings. The standard InChI is InChI=1S/C24H19F5N4O3S2/c1-23(2,13-34)32-38(35,36)20-9-8-17(37-20)7-6-15-12-30-33-19(21(25)26)11-18(31-22(15)33)14-4-3-5-16(10-14)24(27,28)29/h3-5,8-12,21,32,34H,13H2,1-2H3. The van der Waals surface area contributed by atoms with Gasteiger partial charge in [0.25, 0.3) is 16.4 Å². The van der Waals surface area contributed by atoms with Crippen molar-refractivity contribution >= 4 is 27.0 Å². The van der Waals surface area contributed by atoms with Crippen molar-refractivity contribution < 1.29 is 35.5 Å². The second-order valence-corrected chi connectivity index (χ2v) is 11.7. The number of nitrogens with one attached hydrogen (secondary N) is 1. The second-order valence-electron chi connectivity index (χ2n) is 8.76. The molecule has 1 aromatic carbocycles. The van der Waals surface area contributed by atoms with E-state index < -0.39 is 46.0 Å². The summed E-state index contributed by atoms with van der Waals surface area (Å²) in [6, 6.07) is 7.91. The summed E-state index contributed by atoms with van der Waals surface area (Å²) < 4.78 is 95.4. The molecule has 0 aliphatic heterocycles. The Hall–Kier alpha value is -3.38. The zero-order valence-electron chi connectivity index (χ0n) is 19.7. The molecule has 0 saturated heterocycles. The minimum absolute atomic E-state index is 0.0178. The van der Waals surface area contributed by atoms with Crippen LogP contribution in [0.15, 0.2) is 52.9 Å². The van der Waals surface area contributed by atoms with Crippen LogP contribution in [-0.4, -0.2) is 40.3 Å². The molecule has 200 valence electrons. The zero-order chi connectivity index (χ0) is 27.9. The van der Waals surface area contributed by atoms with Crippen molar-refractivity contribution in [1.29, 1.82) is 0 Å². The second kappa shape index (κ2) is 10.1. The van der Waals surface area contributed by atoms with Gasteiger partial charge in [-0.15, -0.1) is 11.3 Å². The van der Waals surface area contributed by atoms with Crippen LogP contribution in [0.3, 0.4) is 0 Å². The highest BCUT2D eigenvalue weighted by atomic mass is 32.2. The van der Waals surface area contributed by atoms with Gasteiger partial charge >= 0.3 is 6.18 Å². The Morgan fingerprint density at radius 3 is 2.53 bits per heavy atom. The maximum absolute atomic E-state index is 13.8. The molecule has 0 aliphatic carbocycles. The Morgan fingerprint density at radius 2 is 1.87 bits per heavy atom. The van der Waals surface area contributed by atoms with Gasteiger partial charge in [-0.2, -0.15) is 18.3 Å². The molecule has 3 heterocycles. The van der Waals surface area contributed by atoms with Crippen molar-refractivity contribution in [2.24, 2.45) is 0 Å². The first-order chi connectivity index (χ1) is 17.7. The number of hydrogen-bond acceptors (Lipinski definition) is 6. The van der Waals surface area contributed by atoms with Crippen LogP contribution in [0.4, 0.5) is 22.0 Å². The zero-order valence-corrected chi connectivity index (χ0v) is 21.3. The van der Waals surface area contributed by atoms with E-state index >= 15 is 0 Å². The lowest BCUT2D eigenvalue weighted by atomic mass is 10.1. The van der Waals surface area contributed by atoms with Crippen molar-refractivity contribution in [2.45, 2.75) is 36.2 Å². The van der Waals surface area contributed by atoms with Gasteiger partial charge in [-0.1, -0.05) is 24.0 Å². The van der Waals surface area contributed by atoms with E-state index in [4.69, 9.17) is 0 Å². The fourth-order valence-electron chi connectivity index (χ4n) is 3.34. The van der Waals surface area contributed by atoms with Crippen LogP contribution in [0.5, 0.6) is 0 Å². The molecule has 0 atom stereocenters. The molecule has 0 unspecified atom stereocenters. The first-order valence-corrected chi connectivity index (χ1v) is 13.1. The number of aliphatic hydroxyl groups is 1. The number of sulfonamides is 1. The van der Waals surface area contributed by atoms with Gasteiger partial charge in [0.1, 0.15) is 9.90 Å². The summed E-state index contributed by atoms with van der Waals surface area (Å²) in [5, 5.41) is 13.2. The van der Waals surface area contributed by atoms with Crippen LogP contribution in [0.1, 0.15) is 42.0 Å². The molecule has 4 aromatic rings. The summed E-state index contributed by atoms with van der Waals surface area (Å²) in [5.41, 5.74) is -2.75. The summed E-state index contributed by atoms with van der Waals surface area (Å²) >= 11 is 0.850. The van der Waals surface area contributed by atoms with E-state index in [0.717, 1.165) is 40.1 Å². The number of fused-ring (bicyclic) bond motifs is 1. The highest BCUT2D eigenvalue weighted by Crippen LogP contribution is 2.33. The number of halogens is 5. The van der Waals surface area contributed by atoms with E-state index in [1.165, 1.54) is 38.2 Å². The van der Waals surface area contributed by atoms with E-state index in [2.05, 4.69) is 26.6 Å². The molecule has 0 bridgehead atoms. The highest BCUT2D eigenvalue weighted by Gasteiger charge is 2.31. The molecule has 38 heavy (non-hydrogen) atoms.